The molecule has 1 aromatic heterocycles. The van der Waals surface area contributed by atoms with Crippen LogP contribution in [0.15, 0.2) is 17.5 Å². The van der Waals surface area contributed by atoms with Gasteiger partial charge in [-0.05, 0) is 43.0 Å². The first-order valence-corrected chi connectivity index (χ1v) is 6.02. The molecule has 1 aromatic rings. The van der Waals surface area contributed by atoms with Crippen molar-refractivity contribution >= 4 is 11.3 Å². The predicted octanol–water partition coefficient (Wildman–Crippen LogP) is 2.81. The first-order chi connectivity index (χ1) is 6.36. The van der Waals surface area contributed by atoms with E-state index in [2.05, 4.69) is 17.5 Å². The molecule has 0 radical (unpaired) electrons. The van der Waals surface area contributed by atoms with E-state index in [0.29, 0.717) is 6.04 Å². The van der Waals surface area contributed by atoms with E-state index in [1.165, 1.54) is 37.0 Å². The van der Waals surface area contributed by atoms with E-state index in [1.54, 1.807) is 0 Å². The van der Waals surface area contributed by atoms with E-state index >= 15 is 0 Å². The zero-order valence-electron chi connectivity index (χ0n) is 7.91. The van der Waals surface area contributed by atoms with E-state index in [-0.39, 0.29) is 0 Å². The van der Waals surface area contributed by atoms with Crippen LogP contribution in [0.4, 0.5) is 0 Å². The highest BCUT2D eigenvalue weighted by atomic mass is 32.1. The Hall–Kier alpha value is -0.340. The summed E-state index contributed by atoms with van der Waals surface area (Å²) in [6.07, 6.45) is 6.48. The minimum absolute atomic E-state index is 0.454. The van der Waals surface area contributed by atoms with Crippen molar-refractivity contribution in [2.24, 2.45) is 11.7 Å². The topological polar surface area (TPSA) is 26.0 Å². The lowest BCUT2D eigenvalue weighted by Crippen LogP contribution is -2.34. The summed E-state index contributed by atoms with van der Waals surface area (Å²) >= 11 is 1.85. The second-order valence-corrected chi connectivity index (χ2v) is 5.01. The summed E-state index contributed by atoms with van der Waals surface area (Å²) in [6, 6.07) is 4.78. The average Bonchev–Trinajstić information content (AvgIpc) is 2.49. The van der Waals surface area contributed by atoms with Crippen molar-refractivity contribution < 1.29 is 0 Å². The van der Waals surface area contributed by atoms with Crippen molar-refractivity contribution in [1.29, 1.82) is 0 Å². The molecule has 72 valence electrons. The highest BCUT2D eigenvalue weighted by molar-refractivity contribution is 7.09. The Labute approximate surface area is 84.0 Å². The van der Waals surface area contributed by atoms with Gasteiger partial charge in [-0.1, -0.05) is 12.5 Å². The Kier molecular flexibility index (Phi) is 3.01. The van der Waals surface area contributed by atoms with E-state index in [9.17, 15) is 0 Å². The summed E-state index contributed by atoms with van der Waals surface area (Å²) in [5.41, 5.74) is 6.10. The van der Waals surface area contributed by atoms with Crippen LogP contribution in [-0.2, 0) is 6.42 Å². The molecule has 0 aromatic carbocycles. The van der Waals surface area contributed by atoms with Gasteiger partial charge in [0.15, 0.2) is 0 Å². The van der Waals surface area contributed by atoms with Crippen LogP contribution in [0.1, 0.15) is 30.6 Å². The molecule has 1 heterocycles. The van der Waals surface area contributed by atoms with Gasteiger partial charge in [0.05, 0.1) is 0 Å². The highest BCUT2D eigenvalue weighted by Gasteiger charge is 2.23. The molecule has 1 aliphatic carbocycles. The van der Waals surface area contributed by atoms with Crippen molar-refractivity contribution in [3.05, 3.63) is 22.4 Å². The molecule has 1 nitrogen and oxygen atoms in total. The second kappa shape index (κ2) is 4.25. The number of hydrogen-bond donors (Lipinski definition) is 1. The molecule has 0 amide bonds. The van der Waals surface area contributed by atoms with Gasteiger partial charge >= 0.3 is 0 Å². The van der Waals surface area contributed by atoms with E-state index in [4.69, 9.17) is 5.73 Å². The number of rotatable bonds is 4. The summed E-state index contributed by atoms with van der Waals surface area (Å²) in [6.45, 7) is 0. The molecule has 0 aliphatic heterocycles. The van der Waals surface area contributed by atoms with Gasteiger partial charge in [0.2, 0.25) is 0 Å². The van der Waals surface area contributed by atoms with Gasteiger partial charge in [0.25, 0.3) is 0 Å². The summed E-state index contributed by atoms with van der Waals surface area (Å²) < 4.78 is 0. The lowest BCUT2D eigenvalue weighted by molar-refractivity contribution is 0.253. The molecule has 2 heteroatoms. The van der Waals surface area contributed by atoms with Crippen LogP contribution in [-0.4, -0.2) is 6.04 Å². The normalized spacial score (nSPS) is 19.8. The number of nitrogens with two attached hydrogens (primary N) is 1. The monoisotopic (exact) mass is 195 g/mol. The molecule has 1 atom stereocenters. The maximum absolute atomic E-state index is 6.10. The van der Waals surface area contributed by atoms with Crippen LogP contribution in [0, 0.1) is 5.92 Å². The van der Waals surface area contributed by atoms with Crippen molar-refractivity contribution in [3.63, 3.8) is 0 Å². The molecule has 1 fully saturated rings. The van der Waals surface area contributed by atoms with Gasteiger partial charge in [-0.25, -0.2) is 0 Å². The Balaban J connectivity index is 1.72. The van der Waals surface area contributed by atoms with E-state index < -0.39 is 0 Å². The van der Waals surface area contributed by atoms with Crippen LogP contribution >= 0.6 is 11.3 Å². The standard InChI is InChI=1S/C11H17NS/c12-11(9-3-1-4-9)7-6-10-5-2-8-13-10/h2,5,8-9,11H,1,3-4,6-7,12H2. The van der Waals surface area contributed by atoms with Gasteiger partial charge < -0.3 is 5.73 Å². The summed E-state index contributed by atoms with van der Waals surface area (Å²) in [5.74, 6) is 0.833. The van der Waals surface area contributed by atoms with Crippen LogP contribution in [0.2, 0.25) is 0 Å². The number of thiophene rings is 1. The van der Waals surface area contributed by atoms with E-state index in [1.807, 2.05) is 11.3 Å². The fraction of sp³-hybridized carbons (Fsp3) is 0.636. The van der Waals surface area contributed by atoms with Gasteiger partial charge in [-0.2, -0.15) is 0 Å². The Morgan fingerprint density at radius 2 is 2.38 bits per heavy atom. The maximum Gasteiger partial charge on any atom is 0.00706 e. The summed E-state index contributed by atoms with van der Waals surface area (Å²) in [5, 5.41) is 2.14. The maximum atomic E-state index is 6.10. The minimum Gasteiger partial charge on any atom is -0.327 e. The second-order valence-electron chi connectivity index (χ2n) is 3.97. The molecule has 2 rings (SSSR count). The molecule has 1 aliphatic rings. The molecule has 0 spiro atoms. The SMILES string of the molecule is NC(CCc1cccs1)C1CCC1. The Morgan fingerprint density at radius 3 is 2.92 bits per heavy atom. The lowest BCUT2D eigenvalue weighted by Gasteiger charge is -2.31. The van der Waals surface area contributed by atoms with Crippen molar-refractivity contribution in [3.8, 4) is 0 Å². The first kappa shape index (κ1) is 9.22. The highest BCUT2D eigenvalue weighted by Crippen LogP contribution is 2.30. The molecule has 1 unspecified atom stereocenters. The molecule has 1 saturated carbocycles. The third-order valence-corrected chi connectivity index (χ3v) is 4.00. The minimum atomic E-state index is 0.454. The fourth-order valence-electron chi connectivity index (χ4n) is 1.87. The average molecular weight is 195 g/mol. The van der Waals surface area contributed by atoms with Crippen LogP contribution in [0.25, 0.3) is 0 Å². The van der Waals surface area contributed by atoms with Crippen LogP contribution in [0.5, 0.6) is 0 Å². The number of hydrogen-bond acceptors (Lipinski definition) is 2. The van der Waals surface area contributed by atoms with Gasteiger partial charge in [-0.15, -0.1) is 11.3 Å². The molecular formula is C11H17NS. The smallest absolute Gasteiger partial charge is 0.00706 e. The zero-order valence-corrected chi connectivity index (χ0v) is 8.72. The fourth-order valence-corrected chi connectivity index (χ4v) is 2.59. The molecule has 0 bridgehead atoms. The Morgan fingerprint density at radius 1 is 1.54 bits per heavy atom. The third kappa shape index (κ3) is 2.32. The summed E-state index contributed by atoms with van der Waals surface area (Å²) in [4.78, 5) is 1.48. The molecule has 13 heavy (non-hydrogen) atoms. The molecular weight excluding hydrogens is 178 g/mol. The van der Waals surface area contributed by atoms with Gasteiger partial charge in [0.1, 0.15) is 0 Å². The van der Waals surface area contributed by atoms with E-state index in [0.717, 1.165) is 5.92 Å². The molecule has 2 N–H and O–H groups in total. The zero-order chi connectivity index (χ0) is 9.10. The third-order valence-electron chi connectivity index (χ3n) is 3.06. The van der Waals surface area contributed by atoms with Gasteiger partial charge in [0, 0.05) is 10.9 Å². The Bertz CT molecular complexity index is 239. The predicted molar refractivity (Wildman–Crippen MR) is 58.0 cm³/mol. The number of aryl methyl sites for hydroxylation is 1. The van der Waals surface area contributed by atoms with Crippen molar-refractivity contribution in [2.75, 3.05) is 0 Å². The molecule has 0 saturated heterocycles. The lowest BCUT2D eigenvalue weighted by atomic mass is 9.78. The quantitative estimate of drug-likeness (QED) is 0.785. The van der Waals surface area contributed by atoms with Gasteiger partial charge in [-0.3, -0.25) is 0 Å². The van der Waals surface area contributed by atoms with Crippen molar-refractivity contribution in [1.82, 2.24) is 0 Å². The van der Waals surface area contributed by atoms with Crippen LogP contribution in [0.3, 0.4) is 0 Å². The van der Waals surface area contributed by atoms with Crippen molar-refractivity contribution in [2.45, 2.75) is 38.1 Å². The first-order valence-electron chi connectivity index (χ1n) is 5.14. The van der Waals surface area contributed by atoms with Crippen LogP contribution < -0.4 is 5.73 Å². The largest absolute Gasteiger partial charge is 0.327 e. The summed E-state index contributed by atoms with van der Waals surface area (Å²) in [7, 11) is 0.